The van der Waals surface area contributed by atoms with Gasteiger partial charge in [0.2, 0.25) is 5.91 Å². The van der Waals surface area contributed by atoms with E-state index < -0.39 is 0 Å². The number of hydrogen-bond donors (Lipinski definition) is 1. The molecule has 1 aromatic carbocycles. The first-order valence-corrected chi connectivity index (χ1v) is 4.95. The SMILES string of the molecule is CC(=O)NC(C)CC(=O)c1ccccc1. The van der Waals surface area contributed by atoms with Crippen LogP contribution in [-0.4, -0.2) is 17.7 Å². The molecule has 0 saturated carbocycles. The lowest BCUT2D eigenvalue weighted by Crippen LogP contribution is -2.32. The summed E-state index contributed by atoms with van der Waals surface area (Å²) in [7, 11) is 0. The van der Waals surface area contributed by atoms with Gasteiger partial charge in [0.1, 0.15) is 0 Å². The molecule has 1 rings (SSSR count). The van der Waals surface area contributed by atoms with Gasteiger partial charge in [-0.3, -0.25) is 9.59 Å². The molecule has 1 atom stereocenters. The molecule has 0 aromatic heterocycles. The van der Waals surface area contributed by atoms with Crippen LogP contribution in [0, 0.1) is 0 Å². The maximum Gasteiger partial charge on any atom is 0.217 e. The molecule has 15 heavy (non-hydrogen) atoms. The van der Waals surface area contributed by atoms with E-state index in [0.29, 0.717) is 12.0 Å². The molecular formula is C12H15NO2. The van der Waals surface area contributed by atoms with Crippen molar-refractivity contribution in [2.45, 2.75) is 26.3 Å². The number of carbonyl (C=O) groups is 2. The van der Waals surface area contributed by atoms with E-state index in [2.05, 4.69) is 5.32 Å². The molecule has 80 valence electrons. The van der Waals surface area contributed by atoms with Crippen LogP contribution in [0.3, 0.4) is 0 Å². The van der Waals surface area contributed by atoms with Gasteiger partial charge in [-0.15, -0.1) is 0 Å². The van der Waals surface area contributed by atoms with Crippen molar-refractivity contribution >= 4 is 11.7 Å². The van der Waals surface area contributed by atoms with Gasteiger partial charge in [0.25, 0.3) is 0 Å². The second-order valence-corrected chi connectivity index (χ2v) is 3.59. The van der Waals surface area contributed by atoms with Crippen LogP contribution in [0.25, 0.3) is 0 Å². The van der Waals surface area contributed by atoms with E-state index in [1.54, 1.807) is 12.1 Å². The summed E-state index contributed by atoms with van der Waals surface area (Å²) in [4.78, 5) is 22.4. The summed E-state index contributed by atoms with van der Waals surface area (Å²) in [6.45, 7) is 3.27. The Hall–Kier alpha value is -1.64. The van der Waals surface area contributed by atoms with Gasteiger partial charge in [-0.2, -0.15) is 0 Å². The molecule has 1 N–H and O–H groups in total. The fourth-order valence-corrected chi connectivity index (χ4v) is 1.42. The number of ketones is 1. The lowest BCUT2D eigenvalue weighted by molar-refractivity contribution is -0.119. The van der Waals surface area contributed by atoms with Crippen LogP contribution in [0.2, 0.25) is 0 Å². The molecule has 0 radical (unpaired) electrons. The summed E-state index contributed by atoms with van der Waals surface area (Å²) in [5, 5.41) is 2.68. The number of nitrogens with one attached hydrogen (secondary N) is 1. The molecule has 1 amide bonds. The molecule has 1 aromatic rings. The summed E-state index contributed by atoms with van der Waals surface area (Å²) in [5.41, 5.74) is 0.690. The monoisotopic (exact) mass is 205 g/mol. The summed E-state index contributed by atoms with van der Waals surface area (Å²) in [5.74, 6) is -0.0554. The van der Waals surface area contributed by atoms with Crippen molar-refractivity contribution in [1.82, 2.24) is 5.32 Å². The summed E-state index contributed by atoms with van der Waals surface area (Å²) < 4.78 is 0. The molecule has 3 nitrogen and oxygen atoms in total. The van der Waals surface area contributed by atoms with Gasteiger partial charge in [-0.25, -0.2) is 0 Å². The third kappa shape index (κ3) is 3.94. The first-order valence-electron chi connectivity index (χ1n) is 4.95. The largest absolute Gasteiger partial charge is 0.353 e. The topological polar surface area (TPSA) is 46.2 Å². The van der Waals surface area contributed by atoms with Crippen molar-refractivity contribution in [2.75, 3.05) is 0 Å². The van der Waals surface area contributed by atoms with E-state index in [1.807, 2.05) is 25.1 Å². The Kier molecular flexibility index (Phi) is 4.03. The molecule has 1 unspecified atom stereocenters. The molecule has 3 heteroatoms. The first-order chi connectivity index (χ1) is 7.09. The van der Waals surface area contributed by atoms with Crippen molar-refractivity contribution in [3.05, 3.63) is 35.9 Å². The number of amides is 1. The highest BCUT2D eigenvalue weighted by atomic mass is 16.1. The second kappa shape index (κ2) is 5.29. The van der Waals surface area contributed by atoms with Gasteiger partial charge in [0, 0.05) is 24.9 Å². The average Bonchev–Trinajstić information content (AvgIpc) is 2.17. The Morgan fingerprint density at radius 2 is 1.87 bits per heavy atom. The smallest absolute Gasteiger partial charge is 0.217 e. The predicted molar refractivity (Wildman–Crippen MR) is 58.7 cm³/mol. The Bertz CT molecular complexity index is 346. The minimum Gasteiger partial charge on any atom is -0.353 e. The molecule has 0 aliphatic carbocycles. The fraction of sp³-hybridized carbons (Fsp3) is 0.333. The number of carbonyl (C=O) groups excluding carboxylic acids is 2. The number of rotatable bonds is 4. The summed E-state index contributed by atoms with van der Waals surface area (Å²) in [6, 6.07) is 8.97. The van der Waals surface area contributed by atoms with Crippen LogP contribution in [0.15, 0.2) is 30.3 Å². The van der Waals surface area contributed by atoms with Crippen LogP contribution >= 0.6 is 0 Å². The molecular weight excluding hydrogens is 190 g/mol. The minimum atomic E-state index is -0.116. The van der Waals surface area contributed by atoms with E-state index in [1.165, 1.54) is 6.92 Å². The molecule has 0 spiro atoms. The highest BCUT2D eigenvalue weighted by Gasteiger charge is 2.11. The Balaban J connectivity index is 2.53. The van der Waals surface area contributed by atoms with Crippen LogP contribution in [0.5, 0.6) is 0 Å². The number of hydrogen-bond acceptors (Lipinski definition) is 2. The minimum absolute atomic E-state index is 0.0526. The van der Waals surface area contributed by atoms with Crippen LogP contribution in [0.1, 0.15) is 30.6 Å². The normalized spacial score (nSPS) is 11.9. The van der Waals surface area contributed by atoms with Crippen molar-refractivity contribution < 1.29 is 9.59 Å². The van der Waals surface area contributed by atoms with Gasteiger partial charge in [0.05, 0.1) is 0 Å². The van der Waals surface area contributed by atoms with E-state index in [-0.39, 0.29) is 17.7 Å². The van der Waals surface area contributed by atoms with E-state index in [0.717, 1.165) is 0 Å². The van der Waals surface area contributed by atoms with Crippen LogP contribution in [-0.2, 0) is 4.79 Å². The standard InChI is InChI=1S/C12H15NO2/c1-9(13-10(2)14)8-12(15)11-6-4-3-5-7-11/h3-7,9H,8H2,1-2H3,(H,13,14). The number of benzene rings is 1. The average molecular weight is 205 g/mol. The quantitative estimate of drug-likeness (QED) is 0.762. The Morgan fingerprint density at radius 3 is 2.40 bits per heavy atom. The van der Waals surface area contributed by atoms with Crippen molar-refractivity contribution in [1.29, 1.82) is 0 Å². The Morgan fingerprint density at radius 1 is 1.27 bits per heavy atom. The highest BCUT2D eigenvalue weighted by Crippen LogP contribution is 2.05. The molecule has 0 heterocycles. The molecule has 0 fully saturated rings. The van der Waals surface area contributed by atoms with Gasteiger partial charge in [-0.05, 0) is 6.92 Å². The third-order valence-electron chi connectivity index (χ3n) is 2.04. The van der Waals surface area contributed by atoms with E-state index in [4.69, 9.17) is 0 Å². The first kappa shape index (κ1) is 11.4. The van der Waals surface area contributed by atoms with Crippen molar-refractivity contribution in [2.24, 2.45) is 0 Å². The lowest BCUT2D eigenvalue weighted by atomic mass is 10.0. The lowest BCUT2D eigenvalue weighted by Gasteiger charge is -2.11. The van der Waals surface area contributed by atoms with E-state index >= 15 is 0 Å². The van der Waals surface area contributed by atoms with Crippen molar-refractivity contribution in [3.63, 3.8) is 0 Å². The van der Waals surface area contributed by atoms with Gasteiger partial charge in [0.15, 0.2) is 5.78 Å². The molecule has 0 aliphatic heterocycles. The number of Topliss-reactive ketones (excluding diaryl/α,β-unsaturated/α-hetero) is 1. The predicted octanol–water partition coefficient (Wildman–Crippen LogP) is 1.78. The molecule has 0 aliphatic rings. The Labute approximate surface area is 89.5 Å². The summed E-state index contributed by atoms with van der Waals surface area (Å²) >= 11 is 0. The van der Waals surface area contributed by atoms with Crippen molar-refractivity contribution in [3.8, 4) is 0 Å². The highest BCUT2D eigenvalue weighted by molar-refractivity contribution is 5.96. The third-order valence-corrected chi connectivity index (χ3v) is 2.04. The van der Waals surface area contributed by atoms with Crippen LogP contribution < -0.4 is 5.32 Å². The molecule has 0 bridgehead atoms. The zero-order valence-electron chi connectivity index (χ0n) is 8.99. The second-order valence-electron chi connectivity index (χ2n) is 3.59. The zero-order valence-corrected chi connectivity index (χ0v) is 8.99. The van der Waals surface area contributed by atoms with E-state index in [9.17, 15) is 9.59 Å². The van der Waals surface area contributed by atoms with Crippen LogP contribution in [0.4, 0.5) is 0 Å². The maximum atomic E-state index is 11.7. The van der Waals surface area contributed by atoms with Gasteiger partial charge < -0.3 is 5.32 Å². The molecule has 0 saturated heterocycles. The summed E-state index contributed by atoms with van der Waals surface area (Å²) in [6.07, 6.45) is 0.337. The van der Waals surface area contributed by atoms with Gasteiger partial charge in [-0.1, -0.05) is 30.3 Å². The fourth-order valence-electron chi connectivity index (χ4n) is 1.42. The zero-order chi connectivity index (χ0) is 11.3. The maximum absolute atomic E-state index is 11.7. The van der Waals surface area contributed by atoms with Gasteiger partial charge >= 0.3 is 0 Å².